The molecular weight excluding hydrogens is 270 g/mol. The number of carbonyl (C=O) groups excluding carboxylic acids is 1. The fourth-order valence-electron chi connectivity index (χ4n) is 1.83. The molecule has 0 saturated carbocycles. The number of rotatable bonds is 9. The molecule has 0 radical (unpaired) electrons. The molecule has 118 valence electrons. The summed E-state index contributed by atoms with van der Waals surface area (Å²) in [7, 11) is 1.63. The van der Waals surface area contributed by atoms with Gasteiger partial charge in [-0.2, -0.15) is 0 Å². The molecule has 0 aliphatic rings. The highest BCUT2D eigenvalue weighted by Crippen LogP contribution is 2.20. The van der Waals surface area contributed by atoms with E-state index in [0.29, 0.717) is 25.3 Å². The monoisotopic (exact) mass is 295 g/mol. The van der Waals surface area contributed by atoms with E-state index in [4.69, 9.17) is 9.47 Å². The number of ether oxygens (including phenoxy) is 2. The van der Waals surface area contributed by atoms with Crippen LogP contribution in [0, 0.1) is 0 Å². The van der Waals surface area contributed by atoms with Gasteiger partial charge in [-0.25, -0.2) is 0 Å². The average Bonchev–Trinajstić information content (AvgIpc) is 2.51. The van der Waals surface area contributed by atoms with Gasteiger partial charge in [-0.15, -0.1) is 0 Å². The van der Waals surface area contributed by atoms with E-state index in [1.54, 1.807) is 26.2 Å². The van der Waals surface area contributed by atoms with Crippen LogP contribution >= 0.6 is 0 Å². The number of hydrogen-bond acceptors (Lipinski definition) is 4. The number of amides is 1. The zero-order valence-corrected chi connectivity index (χ0v) is 13.0. The van der Waals surface area contributed by atoms with Gasteiger partial charge in [-0.3, -0.25) is 4.79 Å². The van der Waals surface area contributed by atoms with E-state index in [1.807, 2.05) is 19.1 Å². The Morgan fingerprint density at radius 2 is 2.00 bits per heavy atom. The molecule has 1 rings (SSSR count). The lowest BCUT2D eigenvalue weighted by Crippen LogP contribution is -2.37. The van der Waals surface area contributed by atoms with Gasteiger partial charge < -0.3 is 19.9 Å². The number of carbonyl (C=O) groups is 1. The van der Waals surface area contributed by atoms with Crippen molar-refractivity contribution in [3.05, 3.63) is 29.8 Å². The number of benzene rings is 1. The maximum absolute atomic E-state index is 11.8. The lowest BCUT2D eigenvalue weighted by molar-refractivity contribution is -0.127. The highest BCUT2D eigenvalue weighted by Gasteiger charge is 2.14. The van der Waals surface area contributed by atoms with Crippen LogP contribution < -0.4 is 10.1 Å². The molecule has 0 aliphatic heterocycles. The van der Waals surface area contributed by atoms with Gasteiger partial charge in [0, 0.05) is 20.3 Å². The van der Waals surface area contributed by atoms with E-state index in [9.17, 15) is 9.90 Å². The highest BCUT2D eigenvalue weighted by atomic mass is 16.5. The van der Waals surface area contributed by atoms with Gasteiger partial charge in [-0.1, -0.05) is 19.1 Å². The average molecular weight is 295 g/mol. The lowest BCUT2D eigenvalue weighted by Gasteiger charge is -2.15. The third kappa shape index (κ3) is 6.14. The Balaban J connectivity index is 2.43. The van der Waals surface area contributed by atoms with Crippen LogP contribution in [0.2, 0.25) is 0 Å². The lowest BCUT2D eigenvalue weighted by atomic mass is 10.1. The molecule has 0 saturated heterocycles. The van der Waals surface area contributed by atoms with Crippen LogP contribution in [0.4, 0.5) is 0 Å². The van der Waals surface area contributed by atoms with Crippen LogP contribution in [-0.2, 0) is 9.53 Å². The predicted octanol–water partition coefficient (Wildman–Crippen LogP) is 2.05. The van der Waals surface area contributed by atoms with Gasteiger partial charge >= 0.3 is 0 Å². The molecule has 1 amide bonds. The number of aliphatic hydroxyl groups excluding tert-OH is 1. The Hall–Kier alpha value is -1.59. The summed E-state index contributed by atoms with van der Waals surface area (Å²) in [6, 6.07) is 7.16. The molecular formula is C16H25NO4. The molecule has 0 spiro atoms. The Bertz CT molecular complexity index is 419. The van der Waals surface area contributed by atoms with E-state index in [-0.39, 0.29) is 5.91 Å². The highest BCUT2D eigenvalue weighted by molar-refractivity contribution is 5.80. The minimum atomic E-state index is -0.561. The zero-order chi connectivity index (χ0) is 15.7. The minimum Gasteiger partial charge on any atom is -0.481 e. The van der Waals surface area contributed by atoms with Gasteiger partial charge in [-0.05, 0) is 37.5 Å². The van der Waals surface area contributed by atoms with Crippen LogP contribution in [0.1, 0.15) is 38.4 Å². The normalized spacial score (nSPS) is 13.5. The summed E-state index contributed by atoms with van der Waals surface area (Å²) in [5.74, 6) is 0.463. The molecule has 1 unspecified atom stereocenters. The van der Waals surface area contributed by atoms with Crippen molar-refractivity contribution < 1.29 is 19.4 Å². The maximum atomic E-state index is 11.8. The molecule has 0 aliphatic carbocycles. The van der Waals surface area contributed by atoms with E-state index in [1.165, 1.54) is 0 Å². The number of nitrogens with one attached hydrogen (secondary N) is 1. The topological polar surface area (TPSA) is 67.8 Å². The molecule has 5 nitrogen and oxygen atoms in total. The summed E-state index contributed by atoms with van der Waals surface area (Å²) < 4.78 is 10.5. The first-order valence-corrected chi connectivity index (χ1v) is 7.29. The number of methoxy groups -OCH3 is 1. The molecule has 0 bridgehead atoms. The molecule has 0 aromatic heterocycles. The zero-order valence-electron chi connectivity index (χ0n) is 13.0. The third-order valence-corrected chi connectivity index (χ3v) is 3.16. The van der Waals surface area contributed by atoms with Gasteiger partial charge in [0.15, 0.2) is 6.10 Å². The van der Waals surface area contributed by atoms with Crippen molar-refractivity contribution in [1.29, 1.82) is 0 Å². The summed E-state index contributed by atoms with van der Waals surface area (Å²) in [6.45, 7) is 4.82. The van der Waals surface area contributed by atoms with E-state index in [0.717, 1.165) is 12.0 Å². The summed E-state index contributed by atoms with van der Waals surface area (Å²) >= 11 is 0. The Morgan fingerprint density at radius 3 is 2.57 bits per heavy atom. The number of hydrogen-bond donors (Lipinski definition) is 2. The van der Waals surface area contributed by atoms with Gasteiger partial charge in [0.1, 0.15) is 5.75 Å². The third-order valence-electron chi connectivity index (χ3n) is 3.16. The summed E-state index contributed by atoms with van der Waals surface area (Å²) in [4.78, 5) is 11.8. The SMILES string of the molecule is CC[C@@H](O)c1ccc(OC(C)C(=O)NCCCOC)cc1. The van der Waals surface area contributed by atoms with Crippen molar-refractivity contribution in [1.82, 2.24) is 5.32 Å². The second kappa shape index (κ2) is 9.37. The first-order chi connectivity index (χ1) is 10.1. The maximum Gasteiger partial charge on any atom is 0.260 e. The van der Waals surface area contributed by atoms with Gasteiger partial charge in [0.25, 0.3) is 5.91 Å². The fraction of sp³-hybridized carbons (Fsp3) is 0.562. The van der Waals surface area contributed by atoms with Gasteiger partial charge in [0.05, 0.1) is 6.10 Å². The second-order valence-corrected chi connectivity index (χ2v) is 4.89. The largest absolute Gasteiger partial charge is 0.481 e. The van der Waals surface area contributed by atoms with Crippen molar-refractivity contribution in [3.63, 3.8) is 0 Å². The second-order valence-electron chi connectivity index (χ2n) is 4.89. The Morgan fingerprint density at radius 1 is 1.33 bits per heavy atom. The quantitative estimate of drug-likeness (QED) is 0.684. The smallest absolute Gasteiger partial charge is 0.260 e. The number of aliphatic hydroxyl groups is 1. The molecule has 0 fully saturated rings. The van der Waals surface area contributed by atoms with Crippen molar-refractivity contribution in [3.8, 4) is 5.75 Å². The van der Waals surface area contributed by atoms with Crippen molar-refractivity contribution >= 4 is 5.91 Å². The van der Waals surface area contributed by atoms with Crippen molar-refractivity contribution in [2.75, 3.05) is 20.3 Å². The van der Waals surface area contributed by atoms with Crippen LogP contribution in [0.5, 0.6) is 5.75 Å². The molecule has 21 heavy (non-hydrogen) atoms. The predicted molar refractivity (Wildman–Crippen MR) is 81.3 cm³/mol. The summed E-state index contributed by atoms with van der Waals surface area (Å²) in [6.07, 6.45) is 0.425. The van der Waals surface area contributed by atoms with E-state index >= 15 is 0 Å². The summed E-state index contributed by atoms with van der Waals surface area (Å²) in [5, 5.41) is 12.5. The molecule has 2 N–H and O–H groups in total. The molecule has 0 heterocycles. The van der Waals surface area contributed by atoms with Crippen LogP contribution in [0.15, 0.2) is 24.3 Å². The van der Waals surface area contributed by atoms with Crippen molar-refractivity contribution in [2.45, 2.75) is 38.9 Å². The standard InChI is InChI=1S/C16H25NO4/c1-4-15(18)13-6-8-14(9-7-13)21-12(2)16(19)17-10-5-11-20-3/h6-9,12,15,18H,4-5,10-11H2,1-3H3,(H,17,19)/t12?,15-/m1/s1. The molecule has 1 aromatic carbocycles. The van der Waals surface area contributed by atoms with Crippen molar-refractivity contribution in [2.24, 2.45) is 0 Å². The van der Waals surface area contributed by atoms with Gasteiger partial charge in [0.2, 0.25) is 0 Å². The molecule has 5 heteroatoms. The van der Waals surface area contributed by atoms with E-state index in [2.05, 4.69) is 5.32 Å². The summed E-state index contributed by atoms with van der Waals surface area (Å²) in [5.41, 5.74) is 0.849. The first kappa shape index (κ1) is 17.5. The molecule has 2 atom stereocenters. The Labute approximate surface area is 126 Å². The fourth-order valence-corrected chi connectivity index (χ4v) is 1.83. The first-order valence-electron chi connectivity index (χ1n) is 7.29. The molecule has 1 aromatic rings. The van der Waals surface area contributed by atoms with Crippen LogP contribution in [0.25, 0.3) is 0 Å². The minimum absolute atomic E-state index is 0.149. The Kier molecular flexibility index (Phi) is 7.79. The van der Waals surface area contributed by atoms with Crippen LogP contribution in [0.3, 0.4) is 0 Å². The van der Waals surface area contributed by atoms with E-state index < -0.39 is 12.2 Å². The van der Waals surface area contributed by atoms with Crippen LogP contribution in [-0.4, -0.2) is 37.4 Å².